The van der Waals surface area contributed by atoms with Crippen molar-refractivity contribution < 1.29 is 4.74 Å². The lowest BCUT2D eigenvalue weighted by Crippen LogP contribution is -2.44. The average molecular weight is 333 g/mol. The first kappa shape index (κ1) is 15.6. The Labute approximate surface area is 146 Å². The summed E-state index contributed by atoms with van der Waals surface area (Å²) < 4.78 is 7.83. The molecule has 0 N–H and O–H groups in total. The van der Waals surface area contributed by atoms with Gasteiger partial charge in [0.15, 0.2) is 0 Å². The molecule has 6 heteroatoms. The highest BCUT2D eigenvalue weighted by Gasteiger charge is 2.22. The van der Waals surface area contributed by atoms with Crippen molar-refractivity contribution in [3.63, 3.8) is 0 Å². The second kappa shape index (κ2) is 6.54. The minimum absolute atomic E-state index is 0.0894. The molecule has 0 saturated carbocycles. The number of aromatic nitrogens is 3. The molecule has 1 aliphatic rings. The third-order valence-corrected chi connectivity index (χ3v) is 4.42. The van der Waals surface area contributed by atoms with Crippen molar-refractivity contribution in [1.29, 1.82) is 5.26 Å². The number of hydrogen-bond donors (Lipinski definition) is 0. The molecule has 1 fully saturated rings. The van der Waals surface area contributed by atoms with Crippen molar-refractivity contribution in [3.05, 3.63) is 53.9 Å². The van der Waals surface area contributed by atoms with Crippen LogP contribution < -0.4 is 4.90 Å². The molecular formula is C19H19N5O. The van der Waals surface area contributed by atoms with Gasteiger partial charge in [-0.3, -0.25) is 4.68 Å². The molecule has 0 radical (unpaired) electrons. The summed E-state index contributed by atoms with van der Waals surface area (Å²) in [6.07, 6.45) is 3.98. The van der Waals surface area contributed by atoms with Crippen LogP contribution in [0.25, 0.3) is 10.9 Å². The van der Waals surface area contributed by atoms with Crippen LogP contribution in [-0.2, 0) is 11.3 Å². The van der Waals surface area contributed by atoms with Gasteiger partial charge in [-0.05, 0) is 42.8 Å². The molecule has 0 bridgehead atoms. The standard InChI is InChI=1S/C19H19N5O/c1-14-10-21-24(11-14)13-17-12-23(6-7-25-17)19-5-3-16-8-15(9-20)2-4-18(16)22-19/h2-5,8,10-11,17H,6-7,12-13H2,1H3/t17-/m1/s1. The molecule has 0 amide bonds. The van der Waals surface area contributed by atoms with Crippen LogP contribution >= 0.6 is 0 Å². The van der Waals surface area contributed by atoms with Gasteiger partial charge in [0.05, 0.1) is 42.6 Å². The monoisotopic (exact) mass is 333 g/mol. The van der Waals surface area contributed by atoms with Crippen LogP contribution in [0.1, 0.15) is 11.1 Å². The molecule has 1 atom stereocenters. The Balaban J connectivity index is 1.52. The molecule has 1 aliphatic heterocycles. The number of nitrogens with zero attached hydrogens (tertiary/aromatic N) is 5. The Bertz CT molecular complexity index is 942. The van der Waals surface area contributed by atoms with Crippen LogP contribution in [0, 0.1) is 18.3 Å². The van der Waals surface area contributed by atoms with Crippen molar-refractivity contribution in [3.8, 4) is 6.07 Å². The fraction of sp³-hybridized carbons (Fsp3) is 0.316. The minimum Gasteiger partial charge on any atom is -0.373 e. The Morgan fingerprint density at radius 2 is 2.24 bits per heavy atom. The van der Waals surface area contributed by atoms with E-state index in [1.807, 2.05) is 48.3 Å². The first-order valence-electron chi connectivity index (χ1n) is 8.38. The van der Waals surface area contributed by atoms with E-state index in [1.54, 1.807) is 6.07 Å². The van der Waals surface area contributed by atoms with E-state index in [2.05, 4.69) is 16.1 Å². The van der Waals surface area contributed by atoms with Gasteiger partial charge in [0.1, 0.15) is 5.82 Å². The number of pyridine rings is 1. The SMILES string of the molecule is Cc1cnn(C[C@H]2CN(c3ccc4cc(C#N)ccc4n3)CCO2)c1. The number of hydrogen-bond acceptors (Lipinski definition) is 5. The van der Waals surface area contributed by atoms with Crippen LogP contribution in [-0.4, -0.2) is 40.6 Å². The van der Waals surface area contributed by atoms with Crippen LogP contribution in [0.15, 0.2) is 42.7 Å². The summed E-state index contributed by atoms with van der Waals surface area (Å²) in [5, 5.41) is 14.3. The van der Waals surface area contributed by atoms with E-state index in [-0.39, 0.29) is 6.10 Å². The molecule has 1 saturated heterocycles. The van der Waals surface area contributed by atoms with Crippen molar-refractivity contribution in [2.24, 2.45) is 0 Å². The zero-order chi connectivity index (χ0) is 17.2. The fourth-order valence-electron chi connectivity index (χ4n) is 3.17. The fourth-order valence-corrected chi connectivity index (χ4v) is 3.17. The highest BCUT2D eigenvalue weighted by atomic mass is 16.5. The summed E-state index contributed by atoms with van der Waals surface area (Å²) >= 11 is 0. The average Bonchev–Trinajstić information content (AvgIpc) is 3.05. The molecule has 6 nitrogen and oxygen atoms in total. The lowest BCUT2D eigenvalue weighted by molar-refractivity contribution is 0.0272. The van der Waals surface area contributed by atoms with Gasteiger partial charge in [-0.25, -0.2) is 4.98 Å². The number of nitriles is 1. The zero-order valence-electron chi connectivity index (χ0n) is 14.1. The maximum atomic E-state index is 9.01. The van der Waals surface area contributed by atoms with Gasteiger partial charge in [0.25, 0.3) is 0 Å². The molecule has 3 heterocycles. The lowest BCUT2D eigenvalue weighted by atomic mass is 10.1. The molecule has 0 unspecified atom stereocenters. The van der Waals surface area contributed by atoms with Gasteiger partial charge in [-0.2, -0.15) is 10.4 Å². The third kappa shape index (κ3) is 3.32. The molecule has 4 rings (SSSR count). The normalized spacial score (nSPS) is 17.6. The molecular weight excluding hydrogens is 314 g/mol. The van der Waals surface area contributed by atoms with E-state index in [1.165, 1.54) is 0 Å². The van der Waals surface area contributed by atoms with E-state index in [0.717, 1.165) is 41.9 Å². The van der Waals surface area contributed by atoms with Gasteiger partial charge >= 0.3 is 0 Å². The molecule has 1 aromatic carbocycles. The van der Waals surface area contributed by atoms with Crippen molar-refractivity contribution in [2.75, 3.05) is 24.6 Å². The number of fused-ring (bicyclic) bond motifs is 1. The Morgan fingerprint density at radius 3 is 3.04 bits per heavy atom. The number of aryl methyl sites for hydroxylation is 1. The van der Waals surface area contributed by atoms with Gasteiger partial charge in [-0.1, -0.05) is 0 Å². The molecule has 0 aliphatic carbocycles. The third-order valence-electron chi connectivity index (χ3n) is 4.42. The lowest BCUT2D eigenvalue weighted by Gasteiger charge is -2.33. The highest BCUT2D eigenvalue weighted by molar-refractivity contribution is 5.81. The summed E-state index contributed by atoms with van der Waals surface area (Å²) in [4.78, 5) is 7.01. The number of rotatable bonds is 3. The van der Waals surface area contributed by atoms with E-state index in [9.17, 15) is 0 Å². The molecule has 2 aromatic heterocycles. The number of benzene rings is 1. The van der Waals surface area contributed by atoms with E-state index in [4.69, 9.17) is 15.0 Å². The van der Waals surface area contributed by atoms with Crippen molar-refractivity contribution in [1.82, 2.24) is 14.8 Å². The van der Waals surface area contributed by atoms with Crippen LogP contribution in [0.4, 0.5) is 5.82 Å². The van der Waals surface area contributed by atoms with Gasteiger partial charge in [0, 0.05) is 24.7 Å². The highest BCUT2D eigenvalue weighted by Crippen LogP contribution is 2.21. The van der Waals surface area contributed by atoms with Crippen molar-refractivity contribution >= 4 is 16.7 Å². The Kier molecular flexibility index (Phi) is 4.08. The Morgan fingerprint density at radius 1 is 1.32 bits per heavy atom. The maximum Gasteiger partial charge on any atom is 0.129 e. The van der Waals surface area contributed by atoms with Gasteiger partial charge < -0.3 is 9.64 Å². The van der Waals surface area contributed by atoms with Gasteiger partial charge in [0.2, 0.25) is 0 Å². The largest absolute Gasteiger partial charge is 0.373 e. The maximum absolute atomic E-state index is 9.01. The van der Waals surface area contributed by atoms with Crippen LogP contribution in [0.2, 0.25) is 0 Å². The van der Waals surface area contributed by atoms with E-state index >= 15 is 0 Å². The first-order valence-corrected chi connectivity index (χ1v) is 8.38. The summed E-state index contributed by atoms with van der Waals surface area (Å²) in [6.45, 7) is 5.06. The second-order valence-corrected chi connectivity index (χ2v) is 6.37. The summed E-state index contributed by atoms with van der Waals surface area (Å²) in [5.74, 6) is 0.946. The Hall–Kier alpha value is -2.91. The van der Waals surface area contributed by atoms with E-state index in [0.29, 0.717) is 12.2 Å². The topological polar surface area (TPSA) is 67.0 Å². The minimum atomic E-state index is 0.0894. The molecule has 126 valence electrons. The first-order chi connectivity index (χ1) is 12.2. The number of morpholine rings is 1. The second-order valence-electron chi connectivity index (χ2n) is 6.37. The number of anilines is 1. The zero-order valence-corrected chi connectivity index (χ0v) is 14.1. The van der Waals surface area contributed by atoms with Crippen molar-refractivity contribution in [2.45, 2.75) is 19.6 Å². The smallest absolute Gasteiger partial charge is 0.129 e. The predicted molar refractivity (Wildman–Crippen MR) is 95.4 cm³/mol. The summed E-state index contributed by atoms with van der Waals surface area (Å²) in [5.41, 5.74) is 2.71. The molecule has 3 aromatic rings. The van der Waals surface area contributed by atoms with Crippen LogP contribution in [0.5, 0.6) is 0 Å². The quantitative estimate of drug-likeness (QED) is 0.737. The number of ether oxygens (including phenoxy) is 1. The summed E-state index contributed by atoms with van der Waals surface area (Å²) in [6, 6.07) is 11.8. The molecule has 25 heavy (non-hydrogen) atoms. The van der Waals surface area contributed by atoms with Gasteiger partial charge in [-0.15, -0.1) is 0 Å². The van der Waals surface area contributed by atoms with Crippen LogP contribution in [0.3, 0.4) is 0 Å². The van der Waals surface area contributed by atoms with E-state index < -0.39 is 0 Å². The summed E-state index contributed by atoms with van der Waals surface area (Å²) in [7, 11) is 0. The molecule has 0 spiro atoms. The predicted octanol–water partition coefficient (Wildman–Crippen LogP) is 2.52.